The first-order valence-corrected chi connectivity index (χ1v) is 6.91. The SMILES string of the molecule is O=C(O)C(NC(=O)C(F)(F)F)C(C1CCC1)C1CCC1. The molecule has 7 heteroatoms. The van der Waals surface area contributed by atoms with E-state index in [2.05, 4.69) is 0 Å². The molecule has 0 saturated heterocycles. The van der Waals surface area contributed by atoms with Crippen LogP contribution in [0.1, 0.15) is 38.5 Å². The van der Waals surface area contributed by atoms with Crippen molar-refractivity contribution in [3.8, 4) is 0 Å². The molecule has 0 spiro atoms. The van der Waals surface area contributed by atoms with E-state index in [1.807, 2.05) is 0 Å². The standard InChI is InChI=1S/C13H18F3NO3/c14-13(15,16)12(20)17-10(11(18)19)9(7-3-1-4-7)8-5-2-6-8/h7-10H,1-6H2,(H,17,20)(H,18,19). The molecule has 0 aromatic rings. The molecule has 0 aliphatic heterocycles. The van der Waals surface area contributed by atoms with Crippen molar-refractivity contribution in [2.75, 3.05) is 0 Å². The number of halogens is 3. The maximum absolute atomic E-state index is 12.3. The zero-order valence-electron chi connectivity index (χ0n) is 10.9. The van der Waals surface area contributed by atoms with Crippen LogP contribution in [0.25, 0.3) is 0 Å². The minimum absolute atomic E-state index is 0.120. The van der Waals surface area contributed by atoms with Crippen LogP contribution in [0, 0.1) is 17.8 Å². The van der Waals surface area contributed by atoms with Crippen LogP contribution >= 0.6 is 0 Å². The molecule has 1 amide bonds. The van der Waals surface area contributed by atoms with Gasteiger partial charge in [-0.05, 0) is 17.8 Å². The van der Waals surface area contributed by atoms with Crippen molar-refractivity contribution >= 4 is 11.9 Å². The van der Waals surface area contributed by atoms with E-state index in [1.54, 1.807) is 5.32 Å². The lowest BCUT2D eigenvalue weighted by Crippen LogP contribution is -2.55. The van der Waals surface area contributed by atoms with Gasteiger partial charge in [-0.3, -0.25) is 4.79 Å². The number of aliphatic carboxylic acids is 1. The third-order valence-electron chi connectivity index (χ3n) is 4.58. The molecule has 0 aromatic carbocycles. The van der Waals surface area contributed by atoms with Crippen LogP contribution in [0.5, 0.6) is 0 Å². The first-order chi connectivity index (χ1) is 9.30. The third kappa shape index (κ3) is 3.07. The smallest absolute Gasteiger partial charge is 0.471 e. The van der Waals surface area contributed by atoms with Gasteiger partial charge in [-0.2, -0.15) is 13.2 Å². The molecular weight excluding hydrogens is 275 g/mol. The van der Waals surface area contributed by atoms with Gasteiger partial charge in [-0.25, -0.2) is 4.79 Å². The normalized spacial score (nSPS) is 22.0. The molecule has 0 bridgehead atoms. The number of carbonyl (C=O) groups is 2. The molecule has 0 aromatic heterocycles. The molecule has 2 N–H and O–H groups in total. The maximum atomic E-state index is 12.3. The highest BCUT2D eigenvalue weighted by Crippen LogP contribution is 2.46. The zero-order chi connectivity index (χ0) is 14.9. The third-order valence-corrected chi connectivity index (χ3v) is 4.58. The Kier molecular flexibility index (Phi) is 4.25. The highest BCUT2D eigenvalue weighted by molar-refractivity contribution is 5.87. The second-order valence-corrected chi connectivity index (χ2v) is 5.75. The fourth-order valence-electron chi connectivity index (χ4n) is 3.12. The summed E-state index contributed by atoms with van der Waals surface area (Å²) in [5, 5.41) is 10.9. The molecule has 4 nitrogen and oxygen atoms in total. The Morgan fingerprint density at radius 3 is 1.75 bits per heavy atom. The van der Waals surface area contributed by atoms with Gasteiger partial charge in [0.05, 0.1) is 0 Å². The summed E-state index contributed by atoms with van der Waals surface area (Å²) >= 11 is 0. The summed E-state index contributed by atoms with van der Waals surface area (Å²) < 4.78 is 37.0. The van der Waals surface area contributed by atoms with Gasteiger partial charge in [-0.15, -0.1) is 0 Å². The molecule has 114 valence electrons. The molecule has 2 rings (SSSR count). The lowest BCUT2D eigenvalue weighted by atomic mass is 9.62. The van der Waals surface area contributed by atoms with Gasteiger partial charge >= 0.3 is 18.1 Å². The van der Waals surface area contributed by atoms with Gasteiger partial charge in [0.15, 0.2) is 0 Å². The minimum Gasteiger partial charge on any atom is -0.480 e. The summed E-state index contributed by atoms with van der Waals surface area (Å²) in [6.45, 7) is 0. The molecule has 0 radical (unpaired) electrons. The first kappa shape index (κ1) is 15.1. The van der Waals surface area contributed by atoms with Crippen LogP contribution in [-0.2, 0) is 9.59 Å². The van der Waals surface area contributed by atoms with E-state index in [-0.39, 0.29) is 17.8 Å². The van der Waals surface area contributed by atoms with E-state index in [4.69, 9.17) is 0 Å². The number of rotatable bonds is 5. The van der Waals surface area contributed by atoms with Crippen molar-refractivity contribution in [3.05, 3.63) is 0 Å². The minimum atomic E-state index is -5.04. The van der Waals surface area contributed by atoms with Crippen molar-refractivity contribution in [1.82, 2.24) is 5.32 Å². The molecule has 2 aliphatic carbocycles. The summed E-state index contributed by atoms with van der Waals surface area (Å²) in [5.41, 5.74) is 0. The van der Waals surface area contributed by atoms with Crippen LogP contribution in [-0.4, -0.2) is 29.2 Å². The molecule has 1 unspecified atom stereocenters. The summed E-state index contributed by atoms with van der Waals surface area (Å²) in [4.78, 5) is 22.4. The summed E-state index contributed by atoms with van der Waals surface area (Å²) in [7, 11) is 0. The average molecular weight is 293 g/mol. The molecule has 0 heterocycles. The van der Waals surface area contributed by atoms with E-state index in [1.165, 1.54) is 0 Å². The Hall–Kier alpha value is -1.27. The Morgan fingerprint density at radius 2 is 1.50 bits per heavy atom. The van der Waals surface area contributed by atoms with Crippen molar-refractivity contribution in [2.45, 2.75) is 50.7 Å². The number of nitrogens with one attached hydrogen (secondary N) is 1. The van der Waals surface area contributed by atoms with E-state index in [0.717, 1.165) is 38.5 Å². The quantitative estimate of drug-likeness (QED) is 0.817. The van der Waals surface area contributed by atoms with Crippen molar-refractivity contribution in [3.63, 3.8) is 0 Å². The number of alkyl halides is 3. The van der Waals surface area contributed by atoms with Crippen LogP contribution in [0.15, 0.2) is 0 Å². The van der Waals surface area contributed by atoms with Crippen LogP contribution in [0.2, 0.25) is 0 Å². The van der Waals surface area contributed by atoms with Gasteiger partial charge < -0.3 is 10.4 Å². The molecule has 2 aliphatic rings. The zero-order valence-corrected chi connectivity index (χ0v) is 10.9. The molecule has 2 saturated carbocycles. The van der Waals surface area contributed by atoms with Crippen molar-refractivity contribution < 1.29 is 27.9 Å². The van der Waals surface area contributed by atoms with E-state index in [9.17, 15) is 27.9 Å². The van der Waals surface area contributed by atoms with Gasteiger partial charge in [0, 0.05) is 0 Å². The van der Waals surface area contributed by atoms with Crippen LogP contribution in [0.4, 0.5) is 13.2 Å². The maximum Gasteiger partial charge on any atom is 0.471 e. The average Bonchev–Trinajstić information content (AvgIpc) is 2.17. The highest BCUT2D eigenvalue weighted by Gasteiger charge is 2.47. The van der Waals surface area contributed by atoms with E-state index >= 15 is 0 Å². The molecular formula is C13H18F3NO3. The van der Waals surface area contributed by atoms with Gasteiger partial charge in [0.1, 0.15) is 6.04 Å². The number of carboxylic acid groups (broad SMARTS) is 1. The number of hydrogen-bond donors (Lipinski definition) is 2. The molecule has 1 atom stereocenters. The Morgan fingerprint density at radius 1 is 1.05 bits per heavy atom. The fraction of sp³-hybridized carbons (Fsp3) is 0.846. The summed E-state index contributed by atoms with van der Waals surface area (Å²) in [6.07, 6.45) is 0.275. The summed E-state index contributed by atoms with van der Waals surface area (Å²) in [5.74, 6) is -3.66. The molecule has 2 fully saturated rings. The lowest BCUT2D eigenvalue weighted by molar-refractivity contribution is -0.177. The predicted octanol–water partition coefficient (Wildman–Crippen LogP) is 2.33. The number of carbonyl (C=O) groups excluding carboxylic acids is 1. The second-order valence-electron chi connectivity index (χ2n) is 5.75. The largest absolute Gasteiger partial charge is 0.480 e. The first-order valence-electron chi connectivity index (χ1n) is 6.91. The van der Waals surface area contributed by atoms with Gasteiger partial charge in [0.25, 0.3) is 0 Å². The Balaban J connectivity index is 2.11. The van der Waals surface area contributed by atoms with Crippen molar-refractivity contribution in [1.29, 1.82) is 0 Å². The lowest BCUT2D eigenvalue weighted by Gasteiger charge is -2.45. The topological polar surface area (TPSA) is 66.4 Å². The number of amides is 1. The Bertz CT molecular complexity index is 375. The highest BCUT2D eigenvalue weighted by atomic mass is 19.4. The van der Waals surface area contributed by atoms with E-state index < -0.39 is 24.1 Å². The summed E-state index contributed by atoms with van der Waals surface area (Å²) in [6, 6.07) is -1.43. The number of carboxylic acids is 1. The van der Waals surface area contributed by atoms with Gasteiger partial charge in [-0.1, -0.05) is 38.5 Å². The predicted molar refractivity (Wildman–Crippen MR) is 63.8 cm³/mol. The Labute approximate surface area is 114 Å². The fourth-order valence-corrected chi connectivity index (χ4v) is 3.12. The van der Waals surface area contributed by atoms with Crippen molar-refractivity contribution in [2.24, 2.45) is 17.8 Å². The van der Waals surface area contributed by atoms with Crippen LogP contribution < -0.4 is 5.32 Å². The number of hydrogen-bond acceptors (Lipinski definition) is 2. The second kappa shape index (κ2) is 5.61. The van der Waals surface area contributed by atoms with Gasteiger partial charge in [0.2, 0.25) is 0 Å². The van der Waals surface area contributed by atoms with E-state index in [0.29, 0.717) is 0 Å². The molecule has 20 heavy (non-hydrogen) atoms. The monoisotopic (exact) mass is 293 g/mol. The van der Waals surface area contributed by atoms with Crippen LogP contribution in [0.3, 0.4) is 0 Å².